The smallest absolute Gasteiger partial charge is 0.323 e. The predicted octanol–water partition coefficient (Wildman–Crippen LogP) is 1.03. The van der Waals surface area contributed by atoms with Crippen molar-refractivity contribution < 1.29 is 14.4 Å². The highest BCUT2D eigenvalue weighted by molar-refractivity contribution is 5.93. The van der Waals surface area contributed by atoms with Crippen LogP contribution in [0.3, 0.4) is 0 Å². The summed E-state index contributed by atoms with van der Waals surface area (Å²) in [4.78, 5) is 27.1. The molecule has 15 heavy (non-hydrogen) atoms. The molecule has 0 radical (unpaired) electrons. The molecule has 0 aliphatic heterocycles. The van der Waals surface area contributed by atoms with Gasteiger partial charge in [0.15, 0.2) is 0 Å². The number of carbonyl (C=O) groups is 2. The standard InChI is InChI=1S/C10H12N2O3/c1-11-10(14)15-12(2)9(13)8-6-4-3-5-7-8/h3-7H,1-2H3,(H,11,14). The van der Waals surface area contributed by atoms with Crippen LogP contribution < -0.4 is 5.32 Å². The number of hydroxylamine groups is 2. The lowest BCUT2D eigenvalue weighted by molar-refractivity contribution is -0.0506. The maximum absolute atomic E-state index is 11.6. The fraction of sp³-hybridized carbons (Fsp3) is 0.200. The number of benzene rings is 1. The summed E-state index contributed by atoms with van der Waals surface area (Å²) < 4.78 is 0. The third kappa shape index (κ3) is 2.98. The fourth-order valence-electron chi connectivity index (χ4n) is 0.974. The first-order chi connectivity index (χ1) is 7.15. The summed E-state index contributed by atoms with van der Waals surface area (Å²) in [5.41, 5.74) is 0.462. The summed E-state index contributed by atoms with van der Waals surface area (Å²) >= 11 is 0. The van der Waals surface area contributed by atoms with Gasteiger partial charge in [-0.05, 0) is 12.1 Å². The molecule has 0 aromatic heterocycles. The highest BCUT2D eigenvalue weighted by atomic mass is 16.7. The topological polar surface area (TPSA) is 58.6 Å². The molecule has 0 aliphatic carbocycles. The van der Waals surface area contributed by atoms with Crippen LogP contribution >= 0.6 is 0 Å². The lowest BCUT2D eigenvalue weighted by Gasteiger charge is -2.15. The Kier molecular flexibility index (Phi) is 3.68. The molecule has 0 atom stereocenters. The van der Waals surface area contributed by atoms with E-state index in [0.717, 1.165) is 5.06 Å². The average Bonchev–Trinajstić information content (AvgIpc) is 2.29. The molecular weight excluding hydrogens is 196 g/mol. The molecule has 0 heterocycles. The first-order valence-corrected chi connectivity index (χ1v) is 4.38. The Morgan fingerprint density at radius 3 is 2.40 bits per heavy atom. The summed E-state index contributed by atoms with van der Waals surface area (Å²) in [6, 6.07) is 8.57. The Morgan fingerprint density at radius 2 is 1.87 bits per heavy atom. The molecule has 1 aromatic rings. The van der Waals surface area contributed by atoms with Crippen molar-refractivity contribution in [3.63, 3.8) is 0 Å². The SMILES string of the molecule is CNC(=O)ON(C)C(=O)c1ccccc1. The van der Waals surface area contributed by atoms with Gasteiger partial charge >= 0.3 is 6.09 Å². The van der Waals surface area contributed by atoms with E-state index in [1.54, 1.807) is 30.3 Å². The van der Waals surface area contributed by atoms with Crippen LogP contribution in [0.4, 0.5) is 4.79 Å². The largest absolute Gasteiger partial charge is 0.431 e. The molecule has 2 amide bonds. The number of nitrogens with one attached hydrogen (secondary N) is 1. The highest BCUT2D eigenvalue weighted by Gasteiger charge is 2.14. The van der Waals surface area contributed by atoms with Crippen molar-refractivity contribution in [1.29, 1.82) is 0 Å². The third-order valence-electron chi connectivity index (χ3n) is 1.73. The zero-order valence-corrected chi connectivity index (χ0v) is 8.56. The van der Waals surface area contributed by atoms with E-state index in [9.17, 15) is 9.59 Å². The lowest BCUT2D eigenvalue weighted by Crippen LogP contribution is -2.33. The normalized spacial score (nSPS) is 9.20. The van der Waals surface area contributed by atoms with E-state index in [0.29, 0.717) is 5.56 Å². The Morgan fingerprint density at radius 1 is 1.27 bits per heavy atom. The summed E-state index contributed by atoms with van der Waals surface area (Å²) in [7, 11) is 2.80. The van der Waals surface area contributed by atoms with Crippen LogP contribution in [0, 0.1) is 0 Å². The zero-order valence-electron chi connectivity index (χ0n) is 8.56. The quantitative estimate of drug-likeness (QED) is 0.701. The molecule has 0 aliphatic rings. The minimum atomic E-state index is -0.679. The van der Waals surface area contributed by atoms with Crippen molar-refractivity contribution in [2.45, 2.75) is 0 Å². The molecule has 5 heteroatoms. The number of amides is 2. The number of nitrogens with zero attached hydrogens (tertiary/aromatic N) is 1. The molecule has 0 fully saturated rings. The summed E-state index contributed by atoms with van der Waals surface area (Å²) in [6.45, 7) is 0. The second-order valence-electron chi connectivity index (χ2n) is 2.80. The van der Waals surface area contributed by atoms with E-state index < -0.39 is 6.09 Å². The van der Waals surface area contributed by atoms with E-state index in [1.807, 2.05) is 0 Å². The van der Waals surface area contributed by atoms with Gasteiger partial charge in [0.05, 0.1) is 0 Å². The van der Waals surface area contributed by atoms with Crippen LogP contribution in [0.15, 0.2) is 30.3 Å². The summed E-state index contributed by atoms with van der Waals surface area (Å²) in [5, 5.41) is 3.13. The number of hydrogen-bond donors (Lipinski definition) is 1. The van der Waals surface area contributed by atoms with Crippen molar-refractivity contribution in [1.82, 2.24) is 10.4 Å². The summed E-state index contributed by atoms with van der Waals surface area (Å²) in [5.74, 6) is -0.376. The van der Waals surface area contributed by atoms with Gasteiger partial charge < -0.3 is 10.2 Å². The molecule has 1 rings (SSSR count). The molecule has 80 valence electrons. The van der Waals surface area contributed by atoms with E-state index in [1.165, 1.54) is 14.1 Å². The fourth-order valence-corrected chi connectivity index (χ4v) is 0.974. The van der Waals surface area contributed by atoms with Gasteiger partial charge in [0.2, 0.25) is 0 Å². The van der Waals surface area contributed by atoms with Gasteiger partial charge in [0, 0.05) is 19.7 Å². The van der Waals surface area contributed by atoms with E-state index >= 15 is 0 Å². The molecule has 0 spiro atoms. The van der Waals surface area contributed by atoms with E-state index in [2.05, 4.69) is 10.2 Å². The van der Waals surface area contributed by atoms with Crippen molar-refractivity contribution in [2.75, 3.05) is 14.1 Å². The Labute approximate surface area is 87.6 Å². The number of carbonyl (C=O) groups excluding carboxylic acids is 2. The Bertz CT molecular complexity index is 351. The van der Waals surface area contributed by atoms with Crippen LogP contribution in [-0.2, 0) is 4.84 Å². The second kappa shape index (κ2) is 4.99. The maximum Gasteiger partial charge on any atom is 0.431 e. The Balaban J connectivity index is 2.65. The zero-order chi connectivity index (χ0) is 11.3. The van der Waals surface area contributed by atoms with Crippen LogP contribution in [0.25, 0.3) is 0 Å². The van der Waals surface area contributed by atoms with Crippen LogP contribution in [0.5, 0.6) is 0 Å². The second-order valence-corrected chi connectivity index (χ2v) is 2.80. The first kappa shape index (κ1) is 11.0. The maximum atomic E-state index is 11.6. The summed E-state index contributed by atoms with van der Waals surface area (Å²) in [6.07, 6.45) is -0.679. The molecule has 0 bridgehead atoms. The first-order valence-electron chi connectivity index (χ1n) is 4.38. The monoisotopic (exact) mass is 208 g/mol. The molecule has 1 aromatic carbocycles. The highest BCUT2D eigenvalue weighted by Crippen LogP contribution is 2.03. The molecule has 0 saturated carbocycles. The van der Waals surface area contributed by atoms with Crippen molar-refractivity contribution >= 4 is 12.0 Å². The van der Waals surface area contributed by atoms with Crippen molar-refractivity contribution in [2.24, 2.45) is 0 Å². The molecule has 0 saturated heterocycles. The number of hydrogen-bond acceptors (Lipinski definition) is 3. The minimum Gasteiger partial charge on any atom is -0.323 e. The Hall–Kier alpha value is -2.04. The molecular formula is C10H12N2O3. The van der Waals surface area contributed by atoms with Crippen molar-refractivity contribution in [3.05, 3.63) is 35.9 Å². The molecule has 5 nitrogen and oxygen atoms in total. The molecule has 1 N–H and O–H groups in total. The van der Waals surface area contributed by atoms with Gasteiger partial charge in [-0.1, -0.05) is 18.2 Å². The van der Waals surface area contributed by atoms with Gasteiger partial charge in [-0.2, -0.15) is 5.06 Å². The van der Waals surface area contributed by atoms with Gasteiger partial charge in [-0.25, -0.2) is 4.79 Å². The van der Waals surface area contributed by atoms with E-state index in [-0.39, 0.29) is 5.91 Å². The molecule has 0 unspecified atom stereocenters. The minimum absolute atomic E-state index is 0.376. The van der Waals surface area contributed by atoms with E-state index in [4.69, 9.17) is 0 Å². The average molecular weight is 208 g/mol. The van der Waals surface area contributed by atoms with Crippen LogP contribution in [0.2, 0.25) is 0 Å². The van der Waals surface area contributed by atoms with Crippen LogP contribution in [-0.4, -0.2) is 31.2 Å². The number of rotatable bonds is 1. The van der Waals surface area contributed by atoms with Gasteiger partial charge in [0.25, 0.3) is 5.91 Å². The van der Waals surface area contributed by atoms with Gasteiger partial charge in [0.1, 0.15) is 0 Å². The van der Waals surface area contributed by atoms with Gasteiger partial charge in [-0.3, -0.25) is 4.79 Å². The van der Waals surface area contributed by atoms with Crippen molar-refractivity contribution in [3.8, 4) is 0 Å². The van der Waals surface area contributed by atoms with Crippen LogP contribution in [0.1, 0.15) is 10.4 Å². The van der Waals surface area contributed by atoms with Gasteiger partial charge in [-0.15, -0.1) is 0 Å². The third-order valence-corrected chi connectivity index (χ3v) is 1.73. The lowest BCUT2D eigenvalue weighted by atomic mass is 10.2. The predicted molar refractivity (Wildman–Crippen MR) is 54.1 cm³/mol.